The largest absolute Gasteiger partial charge is 0.338 e. The molecule has 2 aromatic rings. The Hall–Kier alpha value is -2.14. The molecule has 1 N–H and O–H groups in total. The maximum Gasteiger partial charge on any atom is 0.252 e. The van der Waals surface area contributed by atoms with Gasteiger partial charge in [0.15, 0.2) is 0 Å². The van der Waals surface area contributed by atoms with Crippen LogP contribution >= 0.6 is 0 Å². The van der Waals surface area contributed by atoms with E-state index in [1.54, 1.807) is 0 Å². The number of carbonyl (C=O) groups is 1. The average molecular weight is 339 g/mol. The lowest BCUT2D eigenvalue weighted by Gasteiger charge is -2.37. The van der Waals surface area contributed by atoms with Crippen LogP contribution in [0, 0.1) is 6.92 Å². The molecule has 0 radical (unpaired) electrons. The van der Waals surface area contributed by atoms with Crippen molar-refractivity contribution in [3.63, 3.8) is 0 Å². The molecule has 2 aliphatic rings. The van der Waals surface area contributed by atoms with E-state index in [1.165, 1.54) is 0 Å². The summed E-state index contributed by atoms with van der Waals surface area (Å²) in [6, 6.07) is 8.46. The SMILES string of the molecule is Cc1ccc2cc(CN3CCCC(N4CCCC4=O)C3)c(=O)[nH]c2c1. The number of nitrogens with zero attached hydrogens (tertiary/aromatic N) is 2. The van der Waals surface area contributed by atoms with E-state index in [0.29, 0.717) is 24.9 Å². The number of aromatic amines is 1. The molecule has 1 aromatic heterocycles. The highest BCUT2D eigenvalue weighted by atomic mass is 16.2. The smallest absolute Gasteiger partial charge is 0.252 e. The molecule has 1 aromatic carbocycles. The molecule has 2 fully saturated rings. The highest BCUT2D eigenvalue weighted by molar-refractivity contribution is 5.79. The van der Waals surface area contributed by atoms with Gasteiger partial charge in [0, 0.05) is 43.2 Å². The number of hydrogen-bond acceptors (Lipinski definition) is 3. The second-order valence-electron chi connectivity index (χ2n) is 7.44. The number of rotatable bonds is 3. The van der Waals surface area contributed by atoms with Crippen LogP contribution in [0.5, 0.6) is 0 Å². The molecule has 0 aliphatic carbocycles. The van der Waals surface area contributed by atoms with Crippen LogP contribution < -0.4 is 5.56 Å². The second-order valence-corrected chi connectivity index (χ2v) is 7.44. The number of amides is 1. The van der Waals surface area contributed by atoms with Crippen LogP contribution in [0.4, 0.5) is 0 Å². The number of carbonyl (C=O) groups excluding carboxylic acids is 1. The van der Waals surface area contributed by atoms with E-state index in [1.807, 2.05) is 19.1 Å². The first-order chi connectivity index (χ1) is 12.1. The van der Waals surface area contributed by atoms with Crippen molar-refractivity contribution < 1.29 is 4.79 Å². The number of aromatic nitrogens is 1. The Morgan fingerprint density at radius 1 is 1.16 bits per heavy atom. The molecule has 3 heterocycles. The number of likely N-dealkylation sites (tertiary alicyclic amines) is 2. The predicted octanol–water partition coefficient (Wildman–Crippen LogP) is 2.42. The van der Waals surface area contributed by atoms with Crippen LogP contribution in [-0.2, 0) is 11.3 Å². The van der Waals surface area contributed by atoms with Gasteiger partial charge in [0.25, 0.3) is 5.56 Å². The Morgan fingerprint density at radius 2 is 2.04 bits per heavy atom. The highest BCUT2D eigenvalue weighted by Gasteiger charge is 2.31. The summed E-state index contributed by atoms with van der Waals surface area (Å²) in [7, 11) is 0. The molecular formula is C20H25N3O2. The van der Waals surface area contributed by atoms with Gasteiger partial charge in [-0.05, 0) is 55.8 Å². The number of piperidine rings is 1. The molecule has 4 rings (SSSR count). The molecule has 2 aliphatic heterocycles. The second kappa shape index (κ2) is 6.64. The maximum absolute atomic E-state index is 12.5. The van der Waals surface area contributed by atoms with Crippen LogP contribution in [0.2, 0.25) is 0 Å². The van der Waals surface area contributed by atoms with Gasteiger partial charge in [0.2, 0.25) is 5.91 Å². The number of nitrogens with one attached hydrogen (secondary N) is 1. The summed E-state index contributed by atoms with van der Waals surface area (Å²) in [5.41, 5.74) is 2.85. The van der Waals surface area contributed by atoms with Gasteiger partial charge in [-0.2, -0.15) is 0 Å². The minimum absolute atomic E-state index is 0.00234. The molecule has 5 heteroatoms. The van der Waals surface area contributed by atoms with Gasteiger partial charge in [-0.15, -0.1) is 0 Å². The summed E-state index contributed by atoms with van der Waals surface area (Å²) in [5.74, 6) is 0.297. The number of benzene rings is 1. The maximum atomic E-state index is 12.5. The van der Waals surface area contributed by atoms with Crippen LogP contribution in [-0.4, -0.2) is 46.4 Å². The van der Waals surface area contributed by atoms with E-state index in [9.17, 15) is 9.59 Å². The van der Waals surface area contributed by atoms with E-state index in [2.05, 4.69) is 26.9 Å². The lowest BCUT2D eigenvalue weighted by Crippen LogP contribution is -2.48. The van der Waals surface area contributed by atoms with Crippen molar-refractivity contribution in [3.05, 3.63) is 45.7 Å². The Balaban J connectivity index is 1.52. The monoisotopic (exact) mass is 339 g/mol. The first kappa shape index (κ1) is 16.3. The average Bonchev–Trinajstić information content (AvgIpc) is 3.02. The zero-order chi connectivity index (χ0) is 17.4. The standard InChI is InChI=1S/C20H25N3O2/c1-14-6-7-15-11-16(20(25)21-18(15)10-14)12-22-8-2-4-17(13-22)23-9-3-5-19(23)24/h6-7,10-11,17H,2-5,8-9,12-13H2,1H3,(H,21,25). The van der Waals surface area contributed by atoms with Crippen molar-refractivity contribution in [2.24, 2.45) is 0 Å². The number of pyridine rings is 1. The van der Waals surface area contributed by atoms with Gasteiger partial charge in [0.1, 0.15) is 0 Å². The first-order valence-corrected chi connectivity index (χ1v) is 9.24. The fraction of sp³-hybridized carbons (Fsp3) is 0.500. The molecule has 0 spiro atoms. The zero-order valence-electron chi connectivity index (χ0n) is 14.8. The van der Waals surface area contributed by atoms with Gasteiger partial charge in [-0.3, -0.25) is 14.5 Å². The summed E-state index contributed by atoms with van der Waals surface area (Å²) < 4.78 is 0. The number of aryl methyl sites for hydroxylation is 1. The van der Waals surface area contributed by atoms with Crippen molar-refractivity contribution in [1.29, 1.82) is 0 Å². The normalized spacial score (nSPS) is 22.0. The van der Waals surface area contributed by atoms with Gasteiger partial charge in [0.05, 0.1) is 0 Å². The Bertz CT molecular complexity index is 858. The minimum Gasteiger partial charge on any atom is -0.338 e. The van der Waals surface area contributed by atoms with Gasteiger partial charge in [-0.25, -0.2) is 0 Å². The van der Waals surface area contributed by atoms with Crippen molar-refractivity contribution in [2.75, 3.05) is 19.6 Å². The first-order valence-electron chi connectivity index (χ1n) is 9.24. The summed E-state index contributed by atoms with van der Waals surface area (Å²) in [5, 5.41) is 1.07. The molecule has 25 heavy (non-hydrogen) atoms. The fourth-order valence-electron chi connectivity index (χ4n) is 4.20. The zero-order valence-corrected chi connectivity index (χ0v) is 14.8. The Morgan fingerprint density at radius 3 is 2.84 bits per heavy atom. The summed E-state index contributed by atoms with van der Waals surface area (Å²) in [4.78, 5) is 31.9. The fourth-order valence-corrected chi connectivity index (χ4v) is 4.20. The van der Waals surface area contributed by atoms with Gasteiger partial charge in [-0.1, -0.05) is 12.1 Å². The molecule has 1 atom stereocenters. The van der Waals surface area contributed by atoms with Crippen molar-refractivity contribution >= 4 is 16.8 Å². The molecule has 5 nitrogen and oxygen atoms in total. The third kappa shape index (κ3) is 3.33. The molecule has 0 bridgehead atoms. The highest BCUT2D eigenvalue weighted by Crippen LogP contribution is 2.22. The van der Waals surface area contributed by atoms with E-state index < -0.39 is 0 Å². The van der Waals surface area contributed by atoms with Gasteiger partial charge >= 0.3 is 0 Å². The van der Waals surface area contributed by atoms with E-state index >= 15 is 0 Å². The lowest BCUT2D eigenvalue weighted by molar-refractivity contribution is -0.130. The van der Waals surface area contributed by atoms with Crippen LogP contribution in [0.25, 0.3) is 10.9 Å². The van der Waals surface area contributed by atoms with E-state index in [4.69, 9.17) is 0 Å². The summed E-state index contributed by atoms with van der Waals surface area (Å²) >= 11 is 0. The predicted molar refractivity (Wildman–Crippen MR) is 98.6 cm³/mol. The van der Waals surface area contributed by atoms with Crippen molar-refractivity contribution in [1.82, 2.24) is 14.8 Å². The topological polar surface area (TPSA) is 56.4 Å². The molecule has 1 amide bonds. The van der Waals surface area contributed by atoms with E-state index in [-0.39, 0.29) is 5.56 Å². The number of hydrogen-bond donors (Lipinski definition) is 1. The molecule has 1 unspecified atom stereocenters. The Labute approximate surface area is 147 Å². The number of fused-ring (bicyclic) bond motifs is 1. The third-order valence-electron chi connectivity index (χ3n) is 5.50. The van der Waals surface area contributed by atoms with Gasteiger partial charge < -0.3 is 9.88 Å². The Kier molecular flexibility index (Phi) is 4.34. The van der Waals surface area contributed by atoms with Crippen LogP contribution in [0.3, 0.4) is 0 Å². The summed E-state index contributed by atoms with van der Waals surface area (Å²) in [6.45, 7) is 5.44. The third-order valence-corrected chi connectivity index (χ3v) is 5.50. The lowest BCUT2D eigenvalue weighted by atomic mass is 10.0. The molecular weight excluding hydrogens is 314 g/mol. The summed E-state index contributed by atoms with van der Waals surface area (Å²) in [6.07, 6.45) is 3.84. The minimum atomic E-state index is -0.00234. The van der Waals surface area contributed by atoms with Crippen LogP contribution in [0.1, 0.15) is 36.8 Å². The van der Waals surface area contributed by atoms with E-state index in [0.717, 1.165) is 60.9 Å². The van der Waals surface area contributed by atoms with Crippen molar-refractivity contribution in [2.45, 2.75) is 45.2 Å². The molecule has 2 saturated heterocycles. The van der Waals surface area contributed by atoms with Crippen LogP contribution in [0.15, 0.2) is 29.1 Å². The molecule has 132 valence electrons. The molecule has 0 saturated carbocycles. The quantitative estimate of drug-likeness (QED) is 0.934. The van der Waals surface area contributed by atoms with Crippen molar-refractivity contribution in [3.8, 4) is 0 Å². The number of H-pyrrole nitrogens is 1.